The maximum absolute atomic E-state index is 14.6. The zero-order valence-electron chi connectivity index (χ0n) is 15.4. The minimum atomic E-state index is -3.24. The van der Waals surface area contributed by atoms with Gasteiger partial charge in [0.1, 0.15) is 17.2 Å². The minimum absolute atomic E-state index is 0.00202. The predicted octanol–water partition coefficient (Wildman–Crippen LogP) is 5.35. The van der Waals surface area contributed by atoms with Gasteiger partial charge >= 0.3 is 0 Å². The molecule has 0 bridgehead atoms. The molecule has 152 valence electrons. The molecule has 0 fully saturated rings. The molecule has 10 heteroatoms. The number of nitrogens with zero attached hydrogens (tertiary/aromatic N) is 2. The molecule has 29 heavy (non-hydrogen) atoms. The Morgan fingerprint density at radius 1 is 1.10 bits per heavy atom. The average molecular weight is 409 g/mol. The summed E-state index contributed by atoms with van der Waals surface area (Å²) < 4.78 is 70.8. The van der Waals surface area contributed by atoms with Gasteiger partial charge < -0.3 is 15.7 Å². The molecule has 5 nitrogen and oxygen atoms in total. The van der Waals surface area contributed by atoms with Crippen LogP contribution >= 0.6 is 0 Å². The van der Waals surface area contributed by atoms with Crippen LogP contribution in [0.2, 0.25) is 0 Å². The third-order valence-electron chi connectivity index (χ3n) is 4.48. The Bertz CT molecular complexity index is 1220. The molecule has 0 aliphatic carbocycles. The Morgan fingerprint density at radius 2 is 1.86 bits per heavy atom. The number of nitrogens with one attached hydrogen (secondary N) is 3. The third kappa shape index (κ3) is 3.24. The lowest BCUT2D eigenvalue weighted by atomic mass is 10.1. The summed E-state index contributed by atoms with van der Waals surface area (Å²) in [6.07, 6.45) is 1.41. The number of imidazole rings is 1. The van der Waals surface area contributed by atoms with Gasteiger partial charge in [-0.05, 0) is 25.1 Å². The van der Waals surface area contributed by atoms with Gasteiger partial charge in [-0.15, -0.1) is 0 Å². The number of H-pyrrole nitrogens is 1. The van der Waals surface area contributed by atoms with Crippen molar-refractivity contribution in [3.05, 3.63) is 53.5 Å². The Kier molecular flexibility index (Phi) is 4.36. The number of aromatic nitrogens is 3. The van der Waals surface area contributed by atoms with E-state index in [0.717, 1.165) is 24.3 Å². The van der Waals surface area contributed by atoms with Crippen LogP contribution in [-0.2, 0) is 5.92 Å². The van der Waals surface area contributed by atoms with Crippen molar-refractivity contribution in [2.75, 3.05) is 17.3 Å². The van der Waals surface area contributed by atoms with Gasteiger partial charge in [0.25, 0.3) is 5.92 Å². The second kappa shape index (κ2) is 6.64. The molecule has 0 amide bonds. The van der Waals surface area contributed by atoms with Crippen LogP contribution in [0.1, 0.15) is 19.4 Å². The molecule has 2 aromatic heterocycles. The van der Waals surface area contributed by atoms with Crippen molar-refractivity contribution in [2.45, 2.75) is 19.8 Å². The molecular formula is C19H16F5N5. The number of benzene rings is 2. The maximum atomic E-state index is 14.6. The number of aromatic amines is 1. The van der Waals surface area contributed by atoms with Crippen LogP contribution in [0, 0.1) is 17.5 Å². The summed E-state index contributed by atoms with van der Waals surface area (Å²) in [5.41, 5.74) is 2.72. The van der Waals surface area contributed by atoms with Crippen LogP contribution in [0.3, 0.4) is 0 Å². The summed E-state index contributed by atoms with van der Waals surface area (Å²) in [6.45, 7) is 2.81. The van der Waals surface area contributed by atoms with Crippen LogP contribution in [0.4, 0.5) is 33.6 Å². The standard InChI is InChI=1S/C19H16F5N5/c1-3-26-29-17-13(22)4-9(19(2,23)24)5-14(17)27-18(29)28-15-8-25-16-11(15)6-10(20)7-12(16)21/h4-8,25-26H,3H2,1-2H3,(H,27,28). The first-order valence-corrected chi connectivity index (χ1v) is 8.76. The molecular weight excluding hydrogens is 393 g/mol. The van der Waals surface area contributed by atoms with Gasteiger partial charge in [0.05, 0.1) is 16.7 Å². The Morgan fingerprint density at radius 3 is 2.55 bits per heavy atom. The monoisotopic (exact) mass is 409 g/mol. The van der Waals surface area contributed by atoms with Gasteiger partial charge in [-0.25, -0.2) is 31.6 Å². The zero-order valence-corrected chi connectivity index (χ0v) is 15.4. The van der Waals surface area contributed by atoms with Crippen molar-refractivity contribution >= 4 is 33.6 Å². The second-order valence-electron chi connectivity index (χ2n) is 6.63. The Labute approximate surface area is 161 Å². The van der Waals surface area contributed by atoms with Crippen molar-refractivity contribution < 1.29 is 22.0 Å². The van der Waals surface area contributed by atoms with Gasteiger partial charge in [0, 0.05) is 36.7 Å². The molecule has 0 atom stereocenters. The molecule has 3 N–H and O–H groups in total. The van der Waals surface area contributed by atoms with Crippen molar-refractivity contribution in [1.82, 2.24) is 14.6 Å². The molecule has 4 rings (SSSR count). The van der Waals surface area contributed by atoms with Crippen molar-refractivity contribution in [1.29, 1.82) is 0 Å². The smallest absolute Gasteiger partial charge is 0.270 e. The molecule has 0 unspecified atom stereocenters. The number of fused-ring (bicyclic) bond motifs is 2. The van der Waals surface area contributed by atoms with Crippen molar-refractivity contribution in [3.8, 4) is 0 Å². The molecule has 0 aliphatic heterocycles. The van der Waals surface area contributed by atoms with Crippen LogP contribution in [0.25, 0.3) is 21.9 Å². The quantitative estimate of drug-likeness (QED) is 0.389. The largest absolute Gasteiger partial charge is 0.357 e. The lowest BCUT2D eigenvalue weighted by Crippen LogP contribution is -2.17. The van der Waals surface area contributed by atoms with Crippen LogP contribution in [0.15, 0.2) is 30.5 Å². The van der Waals surface area contributed by atoms with E-state index >= 15 is 0 Å². The average Bonchev–Trinajstić information content (AvgIpc) is 3.17. The van der Waals surface area contributed by atoms with Gasteiger partial charge in [0.15, 0.2) is 5.82 Å². The fourth-order valence-electron chi connectivity index (χ4n) is 3.19. The van der Waals surface area contributed by atoms with E-state index in [0.29, 0.717) is 13.5 Å². The highest BCUT2D eigenvalue weighted by atomic mass is 19.3. The fraction of sp³-hybridized carbons (Fsp3) is 0.211. The lowest BCUT2D eigenvalue weighted by Gasteiger charge is -2.13. The number of halogens is 5. The van der Waals surface area contributed by atoms with Crippen LogP contribution < -0.4 is 10.7 Å². The summed E-state index contributed by atoms with van der Waals surface area (Å²) in [5, 5.41) is 3.10. The van der Waals surface area contributed by atoms with E-state index in [1.807, 2.05) is 0 Å². The number of hydrogen-bond acceptors (Lipinski definition) is 3. The molecule has 0 saturated heterocycles. The summed E-state index contributed by atoms with van der Waals surface area (Å²) in [6, 6.07) is 3.75. The van der Waals surface area contributed by atoms with E-state index in [1.54, 1.807) is 6.92 Å². The highest BCUT2D eigenvalue weighted by Crippen LogP contribution is 2.34. The molecule has 2 aromatic carbocycles. The van der Waals surface area contributed by atoms with E-state index in [9.17, 15) is 22.0 Å². The third-order valence-corrected chi connectivity index (χ3v) is 4.48. The van der Waals surface area contributed by atoms with E-state index in [1.165, 1.54) is 10.9 Å². The van der Waals surface area contributed by atoms with Gasteiger partial charge in [-0.1, -0.05) is 0 Å². The molecule has 2 heterocycles. The van der Waals surface area contributed by atoms with Crippen LogP contribution in [-0.4, -0.2) is 21.2 Å². The summed E-state index contributed by atoms with van der Waals surface area (Å²) in [4.78, 5) is 6.90. The minimum Gasteiger partial charge on any atom is -0.357 e. The summed E-state index contributed by atoms with van der Waals surface area (Å²) in [7, 11) is 0. The van der Waals surface area contributed by atoms with E-state index in [2.05, 4.69) is 20.7 Å². The SMILES string of the molecule is CCNn1c(Nc2c[nH]c3c(F)cc(F)cc23)nc2cc(C(C)(F)F)cc(F)c21. The fourth-order valence-corrected chi connectivity index (χ4v) is 3.19. The molecule has 0 radical (unpaired) electrons. The van der Waals surface area contributed by atoms with Gasteiger partial charge in [-0.3, -0.25) is 0 Å². The number of anilines is 2. The van der Waals surface area contributed by atoms with E-state index in [4.69, 9.17) is 0 Å². The Hall–Kier alpha value is -3.30. The highest BCUT2D eigenvalue weighted by Gasteiger charge is 2.28. The molecule has 4 aromatic rings. The van der Waals surface area contributed by atoms with E-state index < -0.39 is 28.9 Å². The normalized spacial score (nSPS) is 12.1. The van der Waals surface area contributed by atoms with Gasteiger partial charge in [0.2, 0.25) is 5.95 Å². The van der Waals surface area contributed by atoms with E-state index in [-0.39, 0.29) is 33.6 Å². The summed E-state index contributed by atoms with van der Waals surface area (Å²) in [5.74, 6) is -5.58. The first kappa shape index (κ1) is 19.0. The molecule has 0 saturated carbocycles. The number of alkyl halides is 2. The summed E-state index contributed by atoms with van der Waals surface area (Å²) >= 11 is 0. The number of hydrogen-bond donors (Lipinski definition) is 3. The van der Waals surface area contributed by atoms with Crippen molar-refractivity contribution in [2.24, 2.45) is 0 Å². The first-order valence-electron chi connectivity index (χ1n) is 8.76. The predicted molar refractivity (Wildman–Crippen MR) is 101 cm³/mol. The maximum Gasteiger partial charge on any atom is 0.270 e. The zero-order chi connectivity index (χ0) is 20.9. The van der Waals surface area contributed by atoms with Crippen LogP contribution in [0.5, 0.6) is 0 Å². The number of rotatable bonds is 5. The first-order chi connectivity index (χ1) is 13.7. The molecule has 0 aliphatic rings. The second-order valence-corrected chi connectivity index (χ2v) is 6.63. The Balaban J connectivity index is 1.87. The molecule has 0 spiro atoms. The van der Waals surface area contributed by atoms with Gasteiger partial charge in [-0.2, -0.15) is 0 Å². The van der Waals surface area contributed by atoms with Crippen molar-refractivity contribution in [3.63, 3.8) is 0 Å². The highest BCUT2D eigenvalue weighted by molar-refractivity contribution is 5.94. The lowest BCUT2D eigenvalue weighted by molar-refractivity contribution is 0.0173. The topological polar surface area (TPSA) is 57.7 Å².